The Kier molecular flexibility index (Phi) is 10.3. The highest BCUT2D eigenvalue weighted by Gasteiger charge is 2.19. The van der Waals surface area contributed by atoms with Gasteiger partial charge in [0.2, 0.25) is 0 Å². The average Bonchev–Trinajstić information content (AvgIpc) is 2.55. The van der Waals surface area contributed by atoms with Crippen molar-refractivity contribution in [3.05, 3.63) is 32.2 Å². The van der Waals surface area contributed by atoms with Crippen molar-refractivity contribution in [1.29, 1.82) is 0 Å². The quantitative estimate of drug-likeness (QED) is 0.320. The fourth-order valence-electron chi connectivity index (χ4n) is 2.05. The van der Waals surface area contributed by atoms with Crippen LogP contribution in [0.2, 0.25) is 0 Å². The summed E-state index contributed by atoms with van der Waals surface area (Å²) in [5.74, 6) is -0.879. The van der Waals surface area contributed by atoms with E-state index >= 15 is 0 Å². The smallest absolute Gasteiger partial charge is 0.339 e. The van der Waals surface area contributed by atoms with Crippen LogP contribution in [-0.4, -0.2) is 25.2 Å². The molecule has 0 N–H and O–H groups in total. The predicted molar refractivity (Wildman–Crippen MR) is 101 cm³/mol. The van der Waals surface area contributed by atoms with Gasteiger partial charge in [-0.05, 0) is 56.8 Å². The molecule has 0 unspecified atom stereocenters. The fourth-order valence-corrected chi connectivity index (χ4v) is 3.37. The third-order valence-electron chi connectivity index (χ3n) is 3.46. The standard InChI is InChI=1S/C18H24Br2O4/c1-3-5-7-9-23-17(21)13-11-14(16(20)12-15(13)19)18(22)24-10-8-6-4-2/h11-12H,3-10H2,1-2H3. The highest BCUT2D eigenvalue weighted by atomic mass is 79.9. The van der Waals surface area contributed by atoms with E-state index in [9.17, 15) is 9.59 Å². The second-order valence-electron chi connectivity index (χ2n) is 5.50. The van der Waals surface area contributed by atoms with E-state index in [1.54, 1.807) is 6.07 Å². The lowest BCUT2D eigenvalue weighted by atomic mass is 10.1. The van der Waals surface area contributed by atoms with Gasteiger partial charge in [-0.15, -0.1) is 0 Å². The molecule has 0 aliphatic rings. The van der Waals surface area contributed by atoms with Gasteiger partial charge in [0, 0.05) is 8.95 Å². The van der Waals surface area contributed by atoms with E-state index in [1.807, 2.05) is 0 Å². The number of carbonyl (C=O) groups excluding carboxylic acids is 2. The van der Waals surface area contributed by atoms with Gasteiger partial charge in [0.25, 0.3) is 0 Å². The van der Waals surface area contributed by atoms with Crippen LogP contribution in [0.1, 0.15) is 73.1 Å². The van der Waals surface area contributed by atoms with E-state index in [2.05, 4.69) is 45.7 Å². The minimum atomic E-state index is -0.439. The first-order valence-electron chi connectivity index (χ1n) is 8.34. The number of esters is 2. The molecule has 0 aliphatic carbocycles. The Labute approximate surface area is 160 Å². The van der Waals surface area contributed by atoms with Crippen molar-refractivity contribution in [3.63, 3.8) is 0 Å². The fraction of sp³-hybridized carbons (Fsp3) is 0.556. The van der Waals surface area contributed by atoms with Gasteiger partial charge in [-0.25, -0.2) is 9.59 Å². The average molecular weight is 464 g/mol. The van der Waals surface area contributed by atoms with Crippen LogP contribution in [0, 0.1) is 0 Å². The number of ether oxygens (including phenoxy) is 2. The summed E-state index contributed by atoms with van der Waals surface area (Å²) in [6.07, 6.45) is 5.83. The molecular formula is C18H24Br2O4. The van der Waals surface area contributed by atoms with Crippen molar-refractivity contribution in [2.75, 3.05) is 13.2 Å². The van der Waals surface area contributed by atoms with E-state index in [0.29, 0.717) is 33.3 Å². The molecule has 1 rings (SSSR count). The van der Waals surface area contributed by atoms with Crippen LogP contribution in [-0.2, 0) is 9.47 Å². The van der Waals surface area contributed by atoms with Crippen LogP contribution in [0.4, 0.5) is 0 Å². The first-order valence-corrected chi connectivity index (χ1v) is 9.93. The molecule has 0 radical (unpaired) electrons. The van der Waals surface area contributed by atoms with Crippen LogP contribution in [0.5, 0.6) is 0 Å². The second kappa shape index (κ2) is 11.6. The van der Waals surface area contributed by atoms with Gasteiger partial charge in [-0.3, -0.25) is 0 Å². The second-order valence-corrected chi connectivity index (χ2v) is 7.21. The van der Waals surface area contributed by atoms with Crippen LogP contribution in [0.3, 0.4) is 0 Å². The van der Waals surface area contributed by atoms with E-state index in [-0.39, 0.29) is 0 Å². The molecule has 134 valence electrons. The Morgan fingerprint density at radius 3 is 1.58 bits per heavy atom. The maximum absolute atomic E-state index is 12.2. The van der Waals surface area contributed by atoms with Gasteiger partial charge in [0.15, 0.2) is 0 Å². The Balaban J connectivity index is 2.76. The normalized spacial score (nSPS) is 10.5. The molecule has 24 heavy (non-hydrogen) atoms. The number of unbranched alkanes of at least 4 members (excludes halogenated alkanes) is 4. The van der Waals surface area contributed by atoms with E-state index in [4.69, 9.17) is 9.47 Å². The lowest BCUT2D eigenvalue weighted by Crippen LogP contribution is -2.12. The molecule has 4 nitrogen and oxygen atoms in total. The Bertz CT molecular complexity index is 513. The van der Waals surface area contributed by atoms with Crippen LogP contribution >= 0.6 is 31.9 Å². The molecule has 6 heteroatoms. The molecular weight excluding hydrogens is 440 g/mol. The molecule has 1 aromatic rings. The predicted octanol–water partition coefficient (Wildman–Crippen LogP) is 5.91. The first kappa shape index (κ1) is 21.2. The number of halogens is 2. The summed E-state index contributed by atoms with van der Waals surface area (Å²) in [6, 6.07) is 3.18. The monoisotopic (exact) mass is 462 g/mol. The zero-order chi connectivity index (χ0) is 17.9. The third kappa shape index (κ3) is 6.93. The zero-order valence-electron chi connectivity index (χ0n) is 14.2. The lowest BCUT2D eigenvalue weighted by molar-refractivity contribution is 0.0495. The first-order chi connectivity index (χ1) is 11.5. The highest BCUT2D eigenvalue weighted by molar-refractivity contribution is 9.11. The number of hydrogen-bond donors (Lipinski definition) is 0. The Morgan fingerprint density at radius 1 is 0.792 bits per heavy atom. The van der Waals surface area contributed by atoms with Crippen molar-refractivity contribution in [2.24, 2.45) is 0 Å². The van der Waals surface area contributed by atoms with Gasteiger partial charge in [0.05, 0.1) is 24.3 Å². The molecule has 0 heterocycles. The van der Waals surface area contributed by atoms with Crippen molar-refractivity contribution in [1.82, 2.24) is 0 Å². The molecule has 0 aromatic heterocycles. The Morgan fingerprint density at radius 2 is 1.21 bits per heavy atom. The molecule has 0 bridgehead atoms. The minimum absolute atomic E-state index is 0.329. The van der Waals surface area contributed by atoms with Gasteiger partial charge >= 0.3 is 11.9 Å². The van der Waals surface area contributed by atoms with Gasteiger partial charge in [-0.1, -0.05) is 39.5 Å². The number of rotatable bonds is 10. The van der Waals surface area contributed by atoms with Crippen molar-refractivity contribution < 1.29 is 19.1 Å². The van der Waals surface area contributed by atoms with Crippen LogP contribution < -0.4 is 0 Å². The van der Waals surface area contributed by atoms with Crippen molar-refractivity contribution in [2.45, 2.75) is 52.4 Å². The van der Waals surface area contributed by atoms with Gasteiger partial charge in [-0.2, -0.15) is 0 Å². The maximum Gasteiger partial charge on any atom is 0.339 e. The third-order valence-corrected chi connectivity index (χ3v) is 4.77. The maximum atomic E-state index is 12.2. The van der Waals surface area contributed by atoms with Crippen molar-refractivity contribution >= 4 is 43.8 Å². The largest absolute Gasteiger partial charge is 0.462 e. The molecule has 0 saturated heterocycles. The molecule has 0 spiro atoms. The summed E-state index contributed by atoms with van der Waals surface area (Å²) >= 11 is 6.69. The number of hydrogen-bond acceptors (Lipinski definition) is 4. The van der Waals surface area contributed by atoms with Crippen LogP contribution in [0.15, 0.2) is 21.1 Å². The summed E-state index contributed by atoms with van der Waals surface area (Å²) in [7, 11) is 0. The number of carbonyl (C=O) groups is 2. The van der Waals surface area contributed by atoms with Crippen LogP contribution in [0.25, 0.3) is 0 Å². The van der Waals surface area contributed by atoms with Gasteiger partial charge in [0.1, 0.15) is 0 Å². The molecule has 1 aromatic carbocycles. The van der Waals surface area contributed by atoms with Crippen molar-refractivity contribution in [3.8, 4) is 0 Å². The van der Waals surface area contributed by atoms with E-state index < -0.39 is 11.9 Å². The Hall–Kier alpha value is -0.880. The summed E-state index contributed by atoms with van der Waals surface area (Å²) < 4.78 is 11.7. The summed E-state index contributed by atoms with van der Waals surface area (Å²) in [4.78, 5) is 24.4. The minimum Gasteiger partial charge on any atom is -0.462 e. The summed E-state index contributed by atoms with van der Waals surface area (Å²) in [5.41, 5.74) is 0.658. The van der Waals surface area contributed by atoms with E-state index in [0.717, 1.165) is 38.5 Å². The number of benzene rings is 1. The summed E-state index contributed by atoms with van der Waals surface area (Å²) in [5, 5.41) is 0. The molecule has 0 fully saturated rings. The zero-order valence-corrected chi connectivity index (χ0v) is 17.4. The van der Waals surface area contributed by atoms with Gasteiger partial charge < -0.3 is 9.47 Å². The molecule has 0 saturated carbocycles. The van der Waals surface area contributed by atoms with E-state index in [1.165, 1.54) is 6.07 Å². The molecule has 0 atom stereocenters. The lowest BCUT2D eigenvalue weighted by Gasteiger charge is -2.10. The topological polar surface area (TPSA) is 52.6 Å². The highest BCUT2D eigenvalue weighted by Crippen LogP contribution is 2.27. The summed E-state index contributed by atoms with van der Waals surface area (Å²) in [6.45, 7) is 4.94. The molecule has 0 aliphatic heterocycles. The SMILES string of the molecule is CCCCCOC(=O)c1cc(C(=O)OCCCCC)c(Br)cc1Br. The molecule has 0 amide bonds.